The van der Waals surface area contributed by atoms with Gasteiger partial charge in [-0.2, -0.15) is 52.7 Å². The summed E-state index contributed by atoms with van der Waals surface area (Å²) in [7, 11) is -18.3. The van der Waals surface area contributed by atoms with Gasteiger partial charge in [0.15, 0.2) is 36.1 Å². The second kappa shape index (κ2) is 17.0. The molecule has 1 aliphatic carbocycles. The average Bonchev–Trinajstić information content (AvgIpc) is 2.70. The quantitative estimate of drug-likeness (QED) is 0.257. The predicted octanol–water partition coefficient (Wildman–Crippen LogP) is 3.91. The Kier molecular flexibility index (Phi) is 18.2. The van der Waals surface area contributed by atoms with Crippen molar-refractivity contribution in [2.45, 2.75) is 42.0 Å². The largest absolute Gasteiger partial charge is 3.00 e. The van der Waals surface area contributed by atoms with Gasteiger partial charge >= 0.3 is 69.6 Å². The molecule has 257 valence electrons. The first-order chi connectivity index (χ1) is 18.2. The van der Waals surface area contributed by atoms with E-state index < -0.39 is 58.6 Å². The molecule has 0 amide bonds. The van der Waals surface area contributed by atoms with Crippen molar-refractivity contribution in [3.05, 3.63) is 41.6 Å². The van der Waals surface area contributed by atoms with E-state index in [2.05, 4.69) is 5.32 Å². The average molecular weight is 875 g/mol. The van der Waals surface area contributed by atoms with Crippen LogP contribution in [0.25, 0.3) is 0 Å². The topological polar surface area (TPSA) is 201 Å². The van der Waals surface area contributed by atoms with Gasteiger partial charge in [-0.15, -0.1) is 0 Å². The van der Waals surface area contributed by atoms with Crippen LogP contribution in [0.4, 0.5) is 58.4 Å². The van der Waals surface area contributed by atoms with Gasteiger partial charge in [0, 0.05) is 23.9 Å². The molecule has 2 rings (SSSR count). The fourth-order valence-electron chi connectivity index (χ4n) is 1.85. The first-order valence-electron chi connectivity index (χ1n) is 9.44. The Hall–Kier alpha value is -1.16. The maximum Gasteiger partial charge on any atom is 3.00 e. The number of ketones is 1. The third kappa shape index (κ3) is 19.8. The molecule has 1 aromatic rings. The smallest absolute Gasteiger partial charge is 0.741 e. The monoisotopic (exact) mass is 876 g/mol. The molecule has 0 heterocycles. The number of carbonyl (C=O) groups excluding carboxylic acids is 1. The van der Waals surface area contributed by atoms with Crippen molar-refractivity contribution in [3.8, 4) is 0 Å². The first-order valence-corrected chi connectivity index (χ1v) is 13.7. The number of rotatable bonds is 2. The van der Waals surface area contributed by atoms with Gasteiger partial charge in [0.1, 0.15) is 0 Å². The summed E-state index contributed by atoms with van der Waals surface area (Å²) in [6.07, 6.45) is -0.968. The van der Waals surface area contributed by atoms with Gasteiger partial charge in [-0.05, 0) is 31.0 Å². The van der Waals surface area contributed by atoms with E-state index in [0.29, 0.717) is 24.2 Å². The van der Waals surface area contributed by atoms with Crippen LogP contribution in [0.15, 0.2) is 36.0 Å². The standard InChI is InChI=1S/C13H12F3NO.3CHF3O3S.Yb/c14-13(15,16)9-3-1-4-10(7-9)17-11-5-2-6-12(18)8-11;3*2-1(3,4)8(5,6)7;/h1,3-4,7-8,17H,2,5-6H2;3*(H,5,6,7);/q;;;;+3/p-3. The summed E-state index contributed by atoms with van der Waals surface area (Å²) in [5.41, 5.74) is -16.6. The molecule has 11 nitrogen and oxygen atoms in total. The van der Waals surface area contributed by atoms with Crippen LogP contribution >= 0.6 is 0 Å². The second-order valence-corrected chi connectivity index (χ2v) is 11.0. The van der Waals surface area contributed by atoms with Crippen LogP contribution in [0.2, 0.25) is 0 Å². The van der Waals surface area contributed by atoms with E-state index in [1.807, 2.05) is 0 Å². The summed E-state index contributed by atoms with van der Waals surface area (Å²) in [5, 5.41) is 2.86. The Morgan fingerprint density at radius 1 is 0.651 bits per heavy atom. The van der Waals surface area contributed by atoms with Crippen molar-refractivity contribution >= 4 is 41.8 Å². The molecule has 27 heteroatoms. The van der Waals surface area contributed by atoms with Gasteiger partial charge in [-0.1, -0.05) is 6.07 Å². The normalized spacial score (nSPS) is 14.7. The number of hydrogen-bond donors (Lipinski definition) is 1. The zero-order valence-electron chi connectivity index (χ0n) is 19.6. The fraction of sp³-hybridized carbons (Fsp3) is 0.438. The van der Waals surface area contributed by atoms with Crippen molar-refractivity contribution in [1.29, 1.82) is 0 Å². The molecular weight excluding hydrogens is 863 g/mol. The van der Waals surface area contributed by atoms with Crippen molar-refractivity contribution in [2.75, 3.05) is 5.32 Å². The number of carbonyl (C=O) groups is 1. The van der Waals surface area contributed by atoms with Gasteiger partial charge in [0.2, 0.25) is 0 Å². The van der Waals surface area contributed by atoms with Crippen molar-refractivity contribution in [3.63, 3.8) is 0 Å². The maximum atomic E-state index is 12.5. The second-order valence-electron chi connectivity index (χ2n) is 6.89. The van der Waals surface area contributed by atoms with Gasteiger partial charge in [-0.25, -0.2) is 25.3 Å². The van der Waals surface area contributed by atoms with Crippen LogP contribution < -0.4 is 5.32 Å². The molecule has 0 spiro atoms. The van der Waals surface area contributed by atoms with Crippen LogP contribution in [-0.2, 0) is 41.3 Å². The van der Waals surface area contributed by atoms with Gasteiger partial charge < -0.3 is 19.0 Å². The zero-order chi connectivity index (χ0) is 34.2. The number of anilines is 1. The van der Waals surface area contributed by atoms with Gasteiger partial charge in [-0.3, -0.25) is 4.79 Å². The van der Waals surface area contributed by atoms with E-state index in [1.54, 1.807) is 6.07 Å². The minimum Gasteiger partial charge on any atom is -0.741 e. The van der Waals surface area contributed by atoms with E-state index in [1.165, 1.54) is 12.1 Å². The first kappa shape index (κ1) is 46.3. The Balaban J connectivity index is -0.000000544. The fourth-order valence-corrected chi connectivity index (χ4v) is 1.85. The van der Waals surface area contributed by atoms with E-state index in [0.717, 1.165) is 18.6 Å². The van der Waals surface area contributed by atoms with Crippen LogP contribution in [-0.4, -0.2) is 61.2 Å². The molecule has 0 bridgehead atoms. The molecule has 0 aromatic heterocycles. The molecule has 1 radical (unpaired) electrons. The third-order valence-electron chi connectivity index (χ3n) is 3.55. The summed E-state index contributed by atoms with van der Waals surface area (Å²) >= 11 is 0. The Morgan fingerprint density at radius 3 is 1.28 bits per heavy atom. The molecule has 1 N–H and O–H groups in total. The van der Waals surface area contributed by atoms with E-state index in [4.69, 9.17) is 38.9 Å². The van der Waals surface area contributed by atoms with Gasteiger partial charge in [0.25, 0.3) is 0 Å². The van der Waals surface area contributed by atoms with Gasteiger partial charge in [0.05, 0.1) is 5.56 Å². The molecule has 0 atom stereocenters. The Morgan fingerprint density at radius 2 is 1.00 bits per heavy atom. The summed E-state index contributed by atoms with van der Waals surface area (Å²) in [5.74, 6) is 0.00993. The molecule has 1 aromatic carbocycles. The number of nitrogens with one attached hydrogen (secondary N) is 1. The summed E-state index contributed by atoms with van der Waals surface area (Å²) < 4.78 is 214. The summed E-state index contributed by atoms with van der Waals surface area (Å²) in [6.45, 7) is 0. The molecule has 0 fully saturated rings. The summed E-state index contributed by atoms with van der Waals surface area (Å²) in [4.78, 5) is 11.2. The number of alkyl halides is 12. The molecule has 1 aliphatic rings. The van der Waals surface area contributed by atoms with Crippen LogP contribution in [0, 0.1) is 46.9 Å². The Bertz CT molecular complexity index is 1320. The molecule has 0 saturated heterocycles. The summed E-state index contributed by atoms with van der Waals surface area (Å²) in [6, 6.07) is 4.96. The third-order valence-corrected chi connectivity index (χ3v) is 5.25. The minimum atomic E-state index is -6.09. The van der Waals surface area contributed by atoms with Crippen molar-refractivity contribution < 1.29 is 143 Å². The van der Waals surface area contributed by atoms with Crippen molar-refractivity contribution in [2.24, 2.45) is 0 Å². The van der Waals surface area contributed by atoms with Crippen molar-refractivity contribution in [1.82, 2.24) is 0 Å². The molecule has 43 heavy (non-hydrogen) atoms. The van der Waals surface area contributed by atoms with E-state index in [-0.39, 0.29) is 52.7 Å². The van der Waals surface area contributed by atoms with Crippen LogP contribution in [0.5, 0.6) is 0 Å². The zero-order valence-corrected chi connectivity index (χ0v) is 23.8. The Labute approximate surface area is 272 Å². The predicted molar refractivity (Wildman–Crippen MR) is 109 cm³/mol. The number of allylic oxidation sites excluding steroid dienone is 2. The molecular formula is C16H12F12NO10S3Yb. The van der Waals surface area contributed by atoms with E-state index >= 15 is 0 Å². The van der Waals surface area contributed by atoms with Crippen LogP contribution in [0.1, 0.15) is 24.8 Å². The SMILES string of the molecule is O=C1C=C(Nc2cccc(C(F)(F)F)c2)CCC1.O=S(=O)([O-])C(F)(F)F.O=S(=O)([O-])C(F)(F)F.O=S(=O)([O-])C(F)(F)F.[Yb+3]. The number of hydrogen-bond acceptors (Lipinski definition) is 11. The molecule has 0 aliphatic heterocycles. The number of halogens is 12. The van der Waals surface area contributed by atoms with E-state index in [9.17, 15) is 57.5 Å². The maximum absolute atomic E-state index is 12.5. The van der Waals surface area contributed by atoms with Crippen LogP contribution in [0.3, 0.4) is 0 Å². The molecule has 0 saturated carbocycles. The number of benzene rings is 1. The molecule has 0 unspecified atom stereocenters. The minimum absolute atomic E-state index is 0.